The van der Waals surface area contributed by atoms with Gasteiger partial charge in [-0.25, -0.2) is 4.39 Å². The number of halogens is 1. The van der Waals surface area contributed by atoms with Crippen molar-refractivity contribution < 1.29 is 4.39 Å². The normalized spacial score (nSPS) is 27.2. The lowest BCUT2D eigenvalue weighted by atomic mass is 9.84. The van der Waals surface area contributed by atoms with E-state index >= 15 is 0 Å². The van der Waals surface area contributed by atoms with Crippen LogP contribution in [0.3, 0.4) is 0 Å². The summed E-state index contributed by atoms with van der Waals surface area (Å²) >= 11 is 0. The molecule has 1 aromatic carbocycles. The van der Waals surface area contributed by atoms with E-state index in [2.05, 4.69) is 25.7 Å². The number of likely N-dealkylation sites (tertiary alicyclic amines) is 1. The summed E-state index contributed by atoms with van der Waals surface area (Å²) in [5.41, 5.74) is 7.02. The summed E-state index contributed by atoms with van der Waals surface area (Å²) in [5.74, 6) is 1.25. The molecule has 0 bridgehead atoms. The maximum absolute atomic E-state index is 13.4. The molecule has 1 saturated heterocycles. The molecule has 2 nitrogen and oxygen atoms in total. The van der Waals surface area contributed by atoms with Crippen molar-refractivity contribution in [2.75, 3.05) is 19.6 Å². The van der Waals surface area contributed by atoms with Crippen LogP contribution in [0.5, 0.6) is 0 Å². The lowest BCUT2D eigenvalue weighted by Crippen LogP contribution is -2.57. The Morgan fingerprint density at radius 3 is 2.50 bits per heavy atom. The van der Waals surface area contributed by atoms with E-state index in [0.29, 0.717) is 18.4 Å². The van der Waals surface area contributed by atoms with Crippen molar-refractivity contribution in [3.63, 3.8) is 0 Å². The van der Waals surface area contributed by atoms with Crippen molar-refractivity contribution >= 4 is 0 Å². The summed E-state index contributed by atoms with van der Waals surface area (Å²) < 4.78 is 13.4. The lowest BCUT2D eigenvalue weighted by Gasteiger charge is -2.46. The van der Waals surface area contributed by atoms with E-state index in [1.807, 2.05) is 6.07 Å². The van der Waals surface area contributed by atoms with Gasteiger partial charge in [0.25, 0.3) is 0 Å². The van der Waals surface area contributed by atoms with Crippen molar-refractivity contribution in [1.82, 2.24) is 4.90 Å². The Kier molecular flexibility index (Phi) is 4.82. The van der Waals surface area contributed by atoms with Gasteiger partial charge in [0.2, 0.25) is 0 Å². The average molecular weight is 278 g/mol. The van der Waals surface area contributed by atoms with Crippen LogP contribution in [0.4, 0.5) is 4.39 Å². The van der Waals surface area contributed by atoms with Crippen molar-refractivity contribution in [3.05, 3.63) is 35.6 Å². The van der Waals surface area contributed by atoms with E-state index in [1.165, 1.54) is 12.5 Å². The minimum absolute atomic E-state index is 0.0866. The van der Waals surface area contributed by atoms with Crippen LogP contribution in [0.15, 0.2) is 24.3 Å². The molecule has 1 aliphatic rings. The first-order valence-corrected chi connectivity index (χ1v) is 7.62. The average Bonchev–Trinajstić information content (AvgIpc) is 2.37. The van der Waals surface area contributed by atoms with Gasteiger partial charge in [-0.1, -0.05) is 26.0 Å². The van der Waals surface area contributed by atoms with Crippen LogP contribution >= 0.6 is 0 Å². The highest BCUT2D eigenvalue weighted by atomic mass is 19.1. The molecule has 2 rings (SSSR count). The smallest absolute Gasteiger partial charge is 0.123 e. The van der Waals surface area contributed by atoms with Crippen molar-refractivity contribution in [3.8, 4) is 0 Å². The first kappa shape index (κ1) is 15.5. The van der Waals surface area contributed by atoms with Gasteiger partial charge in [-0.2, -0.15) is 0 Å². The summed E-state index contributed by atoms with van der Waals surface area (Å²) in [5, 5.41) is 0. The number of nitrogens with two attached hydrogens (primary N) is 1. The van der Waals surface area contributed by atoms with Crippen molar-refractivity contribution in [2.45, 2.75) is 39.2 Å². The standard InChI is InChI=1S/C17H27FN2/c1-13-7-14(2)11-20(10-13)17(3,12-19)9-15-5-4-6-16(18)8-15/h4-6,8,13-14H,7,9-12,19H2,1-3H3. The van der Waals surface area contributed by atoms with Crippen LogP contribution in [0, 0.1) is 17.7 Å². The van der Waals surface area contributed by atoms with Crippen LogP contribution in [-0.2, 0) is 6.42 Å². The molecule has 0 amide bonds. The zero-order chi connectivity index (χ0) is 14.8. The first-order chi connectivity index (χ1) is 9.43. The van der Waals surface area contributed by atoms with Crippen molar-refractivity contribution in [1.29, 1.82) is 0 Å². The SMILES string of the molecule is CC1CC(C)CN(C(C)(CN)Cc2cccc(F)c2)C1. The topological polar surface area (TPSA) is 29.3 Å². The summed E-state index contributed by atoms with van der Waals surface area (Å²) in [4.78, 5) is 2.51. The monoisotopic (exact) mass is 278 g/mol. The molecular formula is C17H27FN2. The molecule has 0 saturated carbocycles. The third kappa shape index (κ3) is 3.58. The molecule has 0 aromatic heterocycles. The van der Waals surface area contributed by atoms with Gasteiger partial charge in [-0.3, -0.25) is 4.90 Å². The Morgan fingerprint density at radius 2 is 1.95 bits per heavy atom. The molecule has 3 heteroatoms. The molecule has 2 N–H and O–H groups in total. The summed E-state index contributed by atoms with van der Waals surface area (Å²) in [6.45, 7) is 9.61. The Morgan fingerprint density at radius 1 is 1.30 bits per heavy atom. The fourth-order valence-electron chi connectivity index (χ4n) is 3.50. The predicted molar refractivity (Wildman–Crippen MR) is 82.1 cm³/mol. The van der Waals surface area contributed by atoms with E-state index in [4.69, 9.17) is 5.73 Å². The van der Waals surface area contributed by atoms with Gasteiger partial charge in [0.1, 0.15) is 5.82 Å². The van der Waals surface area contributed by atoms with E-state index in [-0.39, 0.29) is 11.4 Å². The fraction of sp³-hybridized carbons (Fsp3) is 0.647. The molecule has 3 unspecified atom stereocenters. The number of hydrogen-bond acceptors (Lipinski definition) is 2. The lowest BCUT2D eigenvalue weighted by molar-refractivity contribution is 0.0398. The zero-order valence-corrected chi connectivity index (χ0v) is 12.9. The van der Waals surface area contributed by atoms with Crippen LogP contribution in [0.2, 0.25) is 0 Å². The molecule has 0 radical (unpaired) electrons. The predicted octanol–water partition coefficient (Wildman–Crippen LogP) is 3.06. The quantitative estimate of drug-likeness (QED) is 0.917. The highest BCUT2D eigenvalue weighted by molar-refractivity contribution is 5.19. The van der Waals surface area contributed by atoms with Crippen molar-refractivity contribution in [2.24, 2.45) is 17.6 Å². The van der Waals surface area contributed by atoms with E-state index < -0.39 is 0 Å². The third-order valence-corrected chi connectivity index (χ3v) is 4.55. The molecule has 1 fully saturated rings. The first-order valence-electron chi connectivity index (χ1n) is 7.62. The van der Waals surface area contributed by atoms with Gasteiger partial charge in [-0.05, 0) is 49.3 Å². The second-order valence-electron chi connectivity index (χ2n) is 6.86. The Balaban J connectivity index is 2.15. The van der Waals surface area contributed by atoms with Crippen LogP contribution in [0.1, 0.15) is 32.8 Å². The van der Waals surface area contributed by atoms with Gasteiger partial charge >= 0.3 is 0 Å². The molecule has 20 heavy (non-hydrogen) atoms. The van der Waals surface area contributed by atoms with Gasteiger partial charge in [0, 0.05) is 25.2 Å². The molecule has 0 aliphatic carbocycles. The van der Waals surface area contributed by atoms with E-state index in [0.717, 1.165) is 25.1 Å². The summed E-state index contributed by atoms with van der Waals surface area (Å²) in [6, 6.07) is 6.90. The Bertz CT molecular complexity index is 438. The second-order valence-corrected chi connectivity index (χ2v) is 6.86. The summed E-state index contributed by atoms with van der Waals surface area (Å²) in [7, 11) is 0. The third-order valence-electron chi connectivity index (χ3n) is 4.55. The van der Waals surface area contributed by atoms with Gasteiger partial charge in [0.05, 0.1) is 0 Å². The largest absolute Gasteiger partial charge is 0.329 e. The molecule has 1 heterocycles. The summed E-state index contributed by atoms with van der Waals surface area (Å²) in [6.07, 6.45) is 2.10. The second kappa shape index (κ2) is 6.23. The van der Waals surface area contributed by atoms with Crippen LogP contribution in [0.25, 0.3) is 0 Å². The van der Waals surface area contributed by atoms with Crippen LogP contribution < -0.4 is 5.73 Å². The fourth-order valence-corrected chi connectivity index (χ4v) is 3.50. The number of hydrogen-bond donors (Lipinski definition) is 1. The highest BCUT2D eigenvalue weighted by Gasteiger charge is 2.35. The molecule has 112 valence electrons. The number of piperidine rings is 1. The molecule has 1 aliphatic heterocycles. The van der Waals surface area contributed by atoms with Gasteiger partial charge in [0.15, 0.2) is 0 Å². The Labute approximate surface area is 122 Å². The zero-order valence-electron chi connectivity index (χ0n) is 12.9. The van der Waals surface area contributed by atoms with Gasteiger partial charge < -0.3 is 5.73 Å². The molecular weight excluding hydrogens is 251 g/mol. The maximum atomic E-state index is 13.4. The molecule has 3 atom stereocenters. The maximum Gasteiger partial charge on any atom is 0.123 e. The highest BCUT2D eigenvalue weighted by Crippen LogP contribution is 2.29. The minimum atomic E-state index is -0.165. The molecule has 1 aromatic rings. The molecule has 0 spiro atoms. The Hall–Kier alpha value is -0.930. The van der Waals surface area contributed by atoms with E-state index in [9.17, 15) is 4.39 Å². The van der Waals surface area contributed by atoms with E-state index in [1.54, 1.807) is 12.1 Å². The number of benzene rings is 1. The minimum Gasteiger partial charge on any atom is -0.329 e. The van der Waals surface area contributed by atoms with Gasteiger partial charge in [-0.15, -0.1) is 0 Å². The number of nitrogens with zero attached hydrogens (tertiary/aromatic N) is 1. The number of rotatable bonds is 4. The van der Waals surface area contributed by atoms with Crippen LogP contribution in [-0.4, -0.2) is 30.1 Å².